The van der Waals surface area contributed by atoms with Gasteiger partial charge in [0.25, 0.3) is 0 Å². The van der Waals surface area contributed by atoms with Crippen molar-refractivity contribution in [2.45, 2.75) is 52.6 Å². The fourth-order valence-electron chi connectivity index (χ4n) is 3.27. The minimum Gasteiger partial charge on any atom is -0.339 e. The molecule has 1 aromatic heterocycles. The molecule has 2 heterocycles. The Hall–Kier alpha value is -1.62. The first-order valence-electron chi connectivity index (χ1n) is 8.50. The molecule has 0 aliphatic carbocycles. The molecule has 0 unspecified atom stereocenters. The molecule has 23 heavy (non-hydrogen) atoms. The molecule has 0 radical (unpaired) electrons. The van der Waals surface area contributed by atoms with Gasteiger partial charge in [-0.1, -0.05) is 0 Å². The Bertz CT molecular complexity index is 580. The highest BCUT2D eigenvalue weighted by Crippen LogP contribution is 2.18. The maximum absolute atomic E-state index is 12.5. The van der Waals surface area contributed by atoms with E-state index in [1.807, 2.05) is 43.6 Å². The van der Waals surface area contributed by atoms with Crippen molar-refractivity contribution in [2.24, 2.45) is 7.05 Å². The summed E-state index contributed by atoms with van der Waals surface area (Å²) in [6.45, 7) is 10.6. The highest BCUT2D eigenvalue weighted by molar-refractivity contribution is 5.92. The molecule has 0 atom stereocenters. The third-order valence-electron chi connectivity index (χ3n) is 5.08. The first-order chi connectivity index (χ1) is 10.8. The van der Waals surface area contributed by atoms with E-state index in [1.54, 1.807) is 6.08 Å². The summed E-state index contributed by atoms with van der Waals surface area (Å²) >= 11 is 0. The van der Waals surface area contributed by atoms with Crippen molar-refractivity contribution in [1.82, 2.24) is 19.6 Å². The molecule has 0 saturated carbocycles. The van der Waals surface area contributed by atoms with E-state index in [1.165, 1.54) is 0 Å². The molecule has 1 aliphatic heterocycles. The van der Waals surface area contributed by atoms with Gasteiger partial charge in [-0.05, 0) is 46.6 Å². The van der Waals surface area contributed by atoms with Crippen LogP contribution in [0.5, 0.6) is 0 Å². The summed E-state index contributed by atoms with van der Waals surface area (Å²) in [6.07, 6.45) is 5.70. The average Bonchev–Trinajstić information content (AvgIpc) is 2.77. The topological polar surface area (TPSA) is 41.4 Å². The number of rotatable bonds is 4. The molecule has 1 saturated heterocycles. The molecule has 5 nitrogen and oxygen atoms in total. The number of likely N-dealkylation sites (tertiary alicyclic amines) is 1. The summed E-state index contributed by atoms with van der Waals surface area (Å²) in [6, 6.07) is 0.937. The molecule has 5 heteroatoms. The van der Waals surface area contributed by atoms with Gasteiger partial charge in [0.15, 0.2) is 0 Å². The minimum atomic E-state index is 0.0793. The Kier molecular flexibility index (Phi) is 5.63. The lowest BCUT2D eigenvalue weighted by Gasteiger charge is -2.38. The SMILES string of the molecule is Cc1nn(C)c(C)c1/C=C/C(=O)N(C)C1CCN(C(C)C)CC1. The van der Waals surface area contributed by atoms with E-state index in [9.17, 15) is 4.79 Å². The van der Waals surface area contributed by atoms with Gasteiger partial charge >= 0.3 is 0 Å². The minimum absolute atomic E-state index is 0.0793. The van der Waals surface area contributed by atoms with Gasteiger partial charge in [-0.25, -0.2) is 0 Å². The van der Waals surface area contributed by atoms with Gasteiger partial charge < -0.3 is 9.80 Å². The van der Waals surface area contributed by atoms with Crippen LogP contribution >= 0.6 is 0 Å². The smallest absolute Gasteiger partial charge is 0.246 e. The average molecular weight is 318 g/mol. The van der Waals surface area contributed by atoms with E-state index in [2.05, 4.69) is 23.8 Å². The van der Waals surface area contributed by atoms with Crippen molar-refractivity contribution < 1.29 is 4.79 Å². The van der Waals surface area contributed by atoms with Crippen LogP contribution in [0.2, 0.25) is 0 Å². The van der Waals surface area contributed by atoms with Gasteiger partial charge in [0.1, 0.15) is 0 Å². The van der Waals surface area contributed by atoms with Crippen molar-refractivity contribution in [1.29, 1.82) is 0 Å². The second kappa shape index (κ2) is 7.30. The Morgan fingerprint density at radius 3 is 2.39 bits per heavy atom. The molecular formula is C18H30N4O. The summed E-state index contributed by atoms with van der Waals surface area (Å²) in [5.41, 5.74) is 3.09. The molecule has 1 amide bonds. The number of aryl methyl sites for hydroxylation is 2. The number of amides is 1. The normalized spacial score (nSPS) is 17.3. The number of piperidine rings is 1. The first-order valence-corrected chi connectivity index (χ1v) is 8.50. The van der Waals surface area contributed by atoms with E-state index in [0.29, 0.717) is 12.1 Å². The standard InChI is InChI=1S/C18H30N4O/c1-13(2)22-11-9-16(10-12-22)20(5)18(23)8-7-17-14(3)19-21(6)15(17)4/h7-8,13,16H,9-12H2,1-6H3/b8-7+. The van der Waals surface area contributed by atoms with Crippen molar-refractivity contribution in [3.05, 3.63) is 23.0 Å². The predicted molar refractivity (Wildman–Crippen MR) is 94.2 cm³/mol. The number of carbonyl (C=O) groups excluding carboxylic acids is 1. The largest absolute Gasteiger partial charge is 0.339 e. The number of nitrogens with zero attached hydrogens (tertiary/aromatic N) is 4. The zero-order valence-corrected chi connectivity index (χ0v) is 15.3. The quantitative estimate of drug-likeness (QED) is 0.801. The van der Waals surface area contributed by atoms with Gasteiger partial charge in [0.05, 0.1) is 5.69 Å². The van der Waals surface area contributed by atoms with E-state index in [4.69, 9.17) is 0 Å². The van der Waals surface area contributed by atoms with Crippen LogP contribution in [0.1, 0.15) is 43.6 Å². The Morgan fingerprint density at radius 1 is 1.30 bits per heavy atom. The number of likely N-dealkylation sites (N-methyl/N-ethyl adjacent to an activating group) is 1. The van der Waals surface area contributed by atoms with Gasteiger partial charge in [0, 0.05) is 56.6 Å². The van der Waals surface area contributed by atoms with Crippen molar-refractivity contribution in [3.63, 3.8) is 0 Å². The monoisotopic (exact) mass is 318 g/mol. The van der Waals surface area contributed by atoms with Gasteiger partial charge in [-0.2, -0.15) is 5.10 Å². The predicted octanol–water partition coefficient (Wildman–Crippen LogP) is 2.38. The van der Waals surface area contributed by atoms with Crippen LogP contribution in [0.3, 0.4) is 0 Å². The number of hydrogen-bond acceptors (Lipinski definition) is 3. The lowest BCUT2D eigenvalue weighted by molar-refractivity contribution is -0.127. The number of hydrogen-bond donors (Lipinski definition) is 0. The van der Waals surface area contributed by atoms with Gasteiger partial charge in [-0.3, -0.25) is 9.48 Å². The zero-order chi connectivity index (χ0) is 17.1. The van der Waals surface area contributed by atoms with Crippen LogP contribution in [-0.2, 0) is 11.8 Å². The van der Waals surface area contributed by atoms with Crippen LogP contribution in [0.25, 0.3) is 6.08 Å². The van der Waals surface area contributed by atoms with Crippen molar-refractivity contribution in [3.8, 4) is 0 Å². The molecule has 2 rings (SSSR count). The van der Waals surface area contributed by atoms with Crippen LogP contribution in [0, 0.1) is 13.8 Å². The van der Waals surface area contributed by atoms with Gasteiger partial charge in [-0.15, -0.1) is 0 Å². The molecule has 1 fully saturated rings. The maximum atomic E-state index is 12.5. The van der Waals surface area contributed by atoms with Crippen LogP contribution in [0.4, 0.5) is 0 Å². The molecule has 1 aromatic rings. The highest BCUT2D eigenvalue weighted by atomic mass is 16.2. The zero-order valence-electron chi connectivity index (χ0n) is 15.3. The summed E-state index contributed by atoms with van der Waals surface area (Å²) in [5.74, 6) is 0.0793. The second-order valence-corrected chi connectivity index (χ2v) is 6.85. The van der Waals surface area contributed by atoms with Crippen LogP contribution in [0.15, 0.2) is 6.08 Å². The fraction of sp³-hybridized carbons (Fsp3) is 0.667. The maximum Gasteiger partial charge on any atom is 0.246 e. The van der Waals surface area contributed by atoms with Crippen LogP contribution in [-0.4, -0.2) is 57.7 Å². The third kappa shape index (κ3) is 4.02. The van der Waals surface area contributed by atoms with E-state index in [0.717, 1.165) is 42.9 Å². The molecule has 0 aromatic carbocycles. The van der Waals surface area contributed by atoms with E-state index in [-0.39, 0.29) is 5.91 Å². The summed E-state index contributed by atoms with van der Waals surface area (Å²) in [7, 11) is 3.85. The Balaban J connectivity index is 1.97. The fourth-order valence-corrected chi connectivity index (χ4v) is 3.27. The first kappa shape index (κ1) is 17.7. The molecule has 1 aliphatic rings. The molecule has 0 N–H and O–H groups in total. The molecular weight excluding hydrogens is 288 g/mol. The summed E-state index contributed by atoms with van der Waals surface area (Å²) < 4.78 is 1.85. The molecule has 128 valence electrons. The highest BCUT2D eigenvalue weighted by Gasteiger charge is 2.25. The number of aromatic nitrogens is 2. The van der Waals surface area contributed by atoms with E-state index < -0.39 is 0 Å². The van der Waals surface area contributed by atoms with Crippen LogP contribution < -0.4 is 0 Å². The van der Waals surface area contributed by atoms with Crippen molar-refractivity contribution in [2.75, 3.05) is 20.1 Å². The lowest BCUT2D eigenvalue weighted by Crippen LogP contribution is -2.47. The molecule has 0 bridgehead atoms. The third-order valence-corrected chi connectivity index (χ3v) is 5.08. The number of carbonyl (C=O) groups is 1. The summed E-state index contributed by atoms with van der Waals surface area (Å²) in [4.78, 5) is 16.8. The molecule has 0 spiro atoms. The summed E-state index contributed by atoms with van der Waals surface area (Å²) in [5, 5.41) is 4.38. The second-order valence-electron chi connectivity index (χ2n) is 6.85. The lowest BCUT2D eigenvalue weighted by atomic mass is 10.0. The Morgan fingerprint density at radius 2 is 1.91 bits per heavy atom. The van der Waals surface area contributed by atoms with Crippen molar-refractivity contribution >= 4 is 12.0 Å². The van der Waals surface area contributed by atoms with E-state index >= 15 is 0 Å². The Labute approximate surface area is 139 Å². The van der Waals surface area contributed by atoms with Gasteiger partial charge in [0.2, 0.25) is 5.91 Å².